The van der Waals surface area contributed by atoms with Gasteiger partial charge in [-0.3, -0.25) is 0 Å². The zero-order chi connectivity index (χ0) is 4.28. The SMILES string of the molecule is CC(O)CN.[H+]. The molecule has 5 heavy (non-hydrogen) atoms. The highest BCUT2D eigenvalue weighted by Crippen LogP contribution is 1.65. The topological polar surface area (TPSA) is 46.2 Å². The predicted molar refractivity (Wildman–Crippen MR) is 21.8 cm³/mol. The van der Waals surface area contributed by atoms with Crippen molar-refractivity contribution in [3.63, 3.8) is 0 Å². The first kappa shape index (κ1) is 4.92. The van der Waals surface area contributed by atoms with E-state index in [-0.39, 0.29) is 7.53 Å². The van der Waals surface area contributed by atoms with Crippen LogP contribution in [0, 0.1) is 0 Å². The summed E-state index contributed by atoms with van der Waals surface area (Å²) in [6.45, 7) is 2.01. The number of nitrogens with two attached hydrogens (primary N) is 1. The molecule has 0 fully saturated rings. The standard InChI is InChI=1S/C3H9NO/c1-3(5)2-4/h3,5H,2,4H2,1H3/p+1. The summed E-state index contributed by atoms with van der Waals surface area (Å²) < 4.78 is 0. The molecule has 2 heteroatoms. The van der Waals surface area contributed by atoms with E-state index in [0.29, 0.717) is 6.54 Å². The second-order valence-corrected chi connectivity index (χ2v) is 1.08. The predicted octanol–water partition coefficient (Wildman–Crippen LogP) is -0.562. The summed E-state index contributed by atoms with van der Waals surface area (Å²) in [6.07, 6.45) is -0.338. The lowest BCUT2D eigenvalue weighted by atomic mass is 10.4. The first-order chi connectivity index (χ1) is 2.27. The van der Waals surface area contributed by atoms with E-state index in [0.717, 1.165) is 0 Å². The van der Waals surface area contributed by atoms with Crippen LogP contribution in [0.25, 0.3) is 0 Å². The number of aliphatic hydroxyl groups excluding tert-OH is 1. The maximum atomic E-state index is 8.24. The van der Waals surface area contributed by atoms with E-state index < -0.39 is 0 Å². The molecule has 3 N–H and O–H groups in total. The summed E-state index contributed by atoms with van der Waals surface area (Å²) in [6, 6.07) is 0. The Kier molecular flexibility index (Phi) is 2.14. The molecule has 0 spiro atoms. The van der Waals surface area contributed by atoms with Gasteiger partial charge in [0.1, 0.15) is 0 Å². The van der Waals surface area contributed by atoms with E-state index in [9.17, 15) is 0 Å². The fourth-order valence-electron chi connectivity index (χ4n) is 0. The Hall–Kier alpha value is -0.0800. The molecule has 0 aromatic carbocycles. The maximum Gasteiger partial charge on any atom is 1.00 e. The normalized spacial score (nSPS) is 15.0. The molecule has 0 aliphatic rings. The molecule has 32 valence electrons. The van der Waals surface area contributed by atoms with E-state index in [4.69, 9.17) is 10.8 Å². The summed E-state index contributed by atoms with van der Waals surface area (Å²) in [5, 5.41) is 8.24. The molecule has 0 amide bonds. The van der Waals surface area contributed by atoms with Gasteiger partial charge in [0.25, 0.3) is 0 Å². The van der Waals surface area contributed by atoms with E-state index >= 15 is 0 Å². The van der Waals surface area contributed by atoms with Crippen molar-refractivity contribution in [3.05, 3.63) is 0 Å². The lowest BCUT2D eigenvalue weighted by Gasteiger charge is -1.91. The number of hydrogen-bond acceptors (Lipinski definition) is 2. The van der Waals surface area contributed by atoms with Gasteiger partial charge in [-0.05, 0) is 6.92 Å². The van der Waals surface area contributed by atoms with Crippen molar-refractivity contribution >= 4 is 0 Å². The molecular formula is C3H10NO+. The van der Waals surface area contributed by atoms with Crippen LogP contribution in [0.5, 0.6) is 0 Å². The molecule has 0 saturated carbocycles. The zero-order valence-electron chi connectivity index (χ0n) is 4.31. The van der Waals surface area contributed by atoms with Gasteiger partial charge in [0, 0.05) is 6.54 Å². The van der Waals surface area contributed by atoms with Crippen molar-refractivity contribution in [1.29, 1.82) is 0 Å². The Morgan fingerprint density at radius 1 is 2.20 bits per heavy atom. The van der Waals surface area contributed by atoms with Crippen LogP contribution in [-0.4, -0.2) is 17.8 Å². The molecule has 2 nitrogen and oxygen atoms in total. The highest BCUT2D eigenvalue weighted by Gasteiger charge is 1.81. The van der Waals surface area contributed by atoms with Crippen LogP contribution < -0.4 is 5.73 Å². The van der Waals surface area contributed by atoms with Crippen LogP contribution in [-0.2, 0) is 0 Å². The molecule has 0 aliphatic carbocycles. The van der Waals surface area contributed by atoms with Crippen molar-refractivity contribution < 1.29 is 6.53 Å². The second kappa shape index (κ2) is 2.18. The molecule has 1 atom stereocenters. The van der Waals surface area contributed by atoms with Crippen LogP contribution in [0.3, 0.4) is 0 Å². The van der Waals surface area contributed by atoms with Gasteiger partial charge in [-0.2, -0.15) is 0 Å². The van der Waals surface area contributed by atoms with Gasteiger partial charge in [-0.25, -0.2) is 0 Å². The van der Waals surface area contributed by atoms with Crippen LogP contribution >= 0.6 is 0 Å². The highest BCUT2D eigenvalue weighted by atomic mass is 16.3. The Morgan fingerprint density at radius 3 is 2.40 bits per heavy atom. The van der Waals surface area contributed by atoms with E-state index in [1.54, 1.807) is 6.92 Å². The van der Waals surface area contributed by atoms with Gasteiger partial charge in [-0.1, -0.05) is 0 Å². The molecule has 0 saturated heterocycles. The summed E-state index contributed by atoms with van der Waals surface area (Å²) in [5.41, 5.74) is 4.92. The molecule has 1 unspecified atom stereocenters. The van der Waals surface area contributed by atoms with Gasteiger partial charge in [0.05, 0.1) is 6.10 Å². The van der Waals surface area contributed by atoms with E-state index in [2.05, 4.69) is 0 Å². The monoisotopic (exact) mass is 76.1 g/mol. The molecule has 0 rings (SSSR count). The minimum Gasteiger partial charge on any atom is -0.392 e. The zero-order valence-corrected chi connectivity index (χ0v) is 3.31. The molecule has 0 aromatic rings. The molecule has 0 bridgehead atoms. The fraction of sp³-hybridized carbons (Fsp3) is 1.00. The van der Waals surface area contributed by atoms with Crippen molar-refractivity contribution in [3.8, 4) is 0 Å². The smallest absolute Gasteiger partial charge is 0.392 e. The van der Waals surface area contributed by atoms with Crippen molar-refractivity contribution in [2.24, 2.45) is 5.73 Å². The van der Waals surface area contributed by atoms with Crippen molar-refractivity contribution in [2.75, 3.05) is 6.54 Å². The number of rotatable bonds is 1. The summed E-state index contributed by atoms with van der Waals surface area (Å²) in [7, 11) is 0. The number of aliphatic hydroxyl groups is 1. The van der Waals surface area contributed by atoms with Crippen LogP contribution in [0.2, 0.25) is 0 Å². The Balaban J connectivity index is 0. The van der Waals surface area contributed by atoms with Gasteiger partial charge in [-0.15, -0.1) is 0 Å². The lowest BCUT2D eigenvalue weighted by Crippen LogP contribution is -2.14. The number of hydrogen-bond donors (Lipinski definition) is 2. The van der Waals surface area contributed by atoms with Crippen molar-refractivity contribution in [2.45, 2.75) is 13.0 Å². The maximum absolute atomic E-state index is 8.24. The highest BCUT2D eigenvalue weighted by molar-refractivity contribution is 4.40. The minimum atomic E-state index is -0.338. The van der Waals surface area contributed by atoms with Gasteiger partial charge in [0.2, 0.25) is 0 Å². The summed E-state index contributed by atoms with van der Waals surface area (Å²) >= 11 is 0. The molecule has 0 heterocycles. The first-order valence-corrected chi connectivity index (χ1v) is 1.65. The van der Waals surface area contributed by atoms with E-state index in [1.807, 2.05) is 0 Å². The van der Waals surface area contributed by atoms with Crippen molar-refractivity contribution in [1.82, 2.24) is 0 Å². The second-order valence-electron chi connectivity index (χ2n) is 1.08. The van der Waals surface area contributed by atoms with Crippen LogP contribution in [0.1, 0.15) is 8.35 Å². The van der Waals surface area contributed by atoms with E-state index in [1.165, 1.54) is 0 Å². The summed E-state index contributed by atoms with van der Waals surface area (Å²) in [4.78, 5) is 0. The van der Waals surface area contributed by atoms with Gasteiger partial charge < -0.3 is 10.8 Å². The lowest BCUT2D eigenvalue weighted by molar-refractivity contribution is 0.203. The Morgan fingerprint density at radius 2 is 2.40 bits per heavy atom. The Labute approximate surface area is 33.1 Å². The van der Waals surface area contributed by atoms with Crippen LogP contribution in [0.15, 0.2) is 0 Å². The quantitative estimate of drug-likeness (QED) is 0.439. The average Bonchev–Trinajstić information content (AvgIpc) is 1.38. The molecule has 0 aliphatic heterocycles. The first-order valence-electron chi connectivity index (χ1n) is 1.65. The van der Waals surface area contributed by atoms with Gasteiger partial charge >= 0.3 is 1.43 Å². The molecule has 0 radical (unpaired) electrons. The summed E-state index contributed by atoms with van der Waals surface area (Å²) in [5.74, 6) is 0. The van der Waals surface area contributed by atoms with Gasteiger partial charge in [0.15, 0.2) is 0 Å². The Bertz CT molecular complexity index is 24.8. The largest absolute Gasteiger partial charge is 1.00 e. The molecular weight excluding hydrogens is 66.0 g/mol. The van der Waals surface area contributed by atoms with Crippen LogP contribution in [0.4, 0.5) is 0 Å². The molecule has 0 aromatic heterocycles. The third kappa shape index (κ3) is 3.92. The minimum absolute atomic E-state index is 0. The third-order valence-corrected chi connectivity index (χ3v) is 0.341. The average molecular weight is 76.1 g/mol. The third-order valence-electron chi connectivity index (χ3n) is 0.341. The fourth-order valence-corrected chi connectivity index (χ4v) is 0.